The molecule has 0 N–H and O–H groups in total. The summed E-state index contributed by atoms with van der Waals surface area (Å²) in [4.78, 5) is 10.9. The van der Waals surface area contributed by atoms with E-state index in [0.29, 0.717) is 28.0 Å². The van der Waals surface area contributed by atoms with Gasteiger partial charge in [0.2, 0.25) is 0 Å². The van der Waals surface area contributed by atoms with Crippen LogP contribution in [0.15, 0.2) is 42.5 Å². The van der Waals surface area contributed by atoms with Crippen LogP contribution in [-0.2, 0) is 6.18 Å². The highest BCUT2D eigenvalue weighted by molar-refractivity contribution is 6.31. The highest BCUT2D eigenvalue weighted by Gasteiger charge is 2.30. The zero-order valence-corrected chi connectivity index (χ0v) is 10.3. The fourth-order valence-electron chi connectivity index (χ4n) is 1.73. The Hall–Kier alpha value is -1.81. The minimum absolute atomic E-state index is 0.340. The molecule has 0 fully saturated rings. The average molecular weight is 285 g/mol. The molecule has 0 aliphatic heterocycles. The van der Waals surface area contributed by atoms with Gasteiger partial charge in [0.15, 0.2) is 6.29 Å². The van der Waals surface area contributed by atoms with E-state index in [1.807, 2.05) is 0 Å². The van der Waals surface area contributed by atoms with E-state index in [0.717, 1.165) is 12.1 Å². The summed E-state index contributed by atoms with van der Waals surface area (Å²) in [5.74, 6) is 0. The molecule has 0 bridgehead atoms. The molecule has 0 heterocycles. The highest BCUT2D eigenvalue weighted by atomic mass is 35.5. The lowest BCUT2D eigenvalue weighted by molar-refractivity contribution is -0.137. The number of carbonyl (C=O) groups is 1. The van der Waals surface area contributed by atoms with Crippen molar-refractivity contribution in [3.8, 4) is 11.1 Å². The lowest BCUT2D eigenvalue weighted by Crippen LogP contribution is -2.04. The lowest BCUT2D eigenvalue weighted by Gasteiger charge is -2.09. The minimum atomic E-state index is -4.37. The maximum Gasteiger partial charge on any atom is 0.416 e. The number of aldehydes is 1. The van der Waals surface area contributed by atoms with E-state index in [1.54, 1.807) is 12.1 Å². The van der Waals surface area contributed by atoms with Gasteiger partial charge in [-0.2, -0.15) is 13.2 Å². The first kappa shape index (κ1) is 13.6. The second-order valence-electron chi connectivity index (χ2n) is 3.92. The zero-order valence-electron chi connectivity index (χ0n) is 9.54. The van der Waals surface area contributed by atoms with E-state index in [4.69, 9.17) is 11.6 Å². The maximum absolute atomic E-state index is 12.4. The first-order valence-corrected chi connectivity index (χ1v) is 5.72. The summed E-state index contributed by atoms with van der Waals surface area (Å²) >= 11 is 5.76. The Bertz CT molecular complexity index is 603. The third-order valence-corrected chi connectivity index (χ3v) is 2.90. The Morgan fingerprint density at radius 2 is 1.63 bits per heavy atom. The molecule has 2 aromatic rings. The molecule has 5 heteroatoms. The van der Waals surface area contributed by atoms with Crippen molar-refractivity contribution >= 4 is 17.9 Å². The molecule has 98 valence electrons. The van der Waals surface area contributed by atoms with Crippen LogP contribution in [-0.4, -0.2) is 6.29 Å². The second-order valence-corrected chi connectivity index (χ2v) is 4.36. The standard InChI is InChI=1S/C14H8ClF3O/c15-12-5-6-13(10(7-12)8-19)9-1-3-11(4-2-9)14(16,17)18/h1-8H. The fourth-order valence-corrected chi connectivity index (χ4v) is 1.91. The smallest absolute Gasteiger partial charge is 0.298 e. The molecular weight excluding hydrogens is 277 g/mol. The molecule has 0 atom stereocenters. The Kier molecular flexibility index (Phi) is 3.62. The molecule has 0 amide bonds. The van der Waals surface area contributed by atoms with E-state index < -0.39 is 11.7 Å². The van der Waals surface area contributed by atoms with Gasteiger partial charge in [0, 0.05) is 10.6 Å². The van der Waals surface area contributed by atoms with E-state index in [1.165, 1.54) is 18.2 Å². The molecule has 0 unspecified atom stereocenters. The van der Waals surface area contributed by atoms with E-state index in [-0.39, 0.29) is 0 Å². The Balaban J connectivity index is 2.46. The SMILES string of the molecule is O=Cc1cc(Cl)ccc1-c1ccc(C(F)(F)F)cc1. The number of hydrogen-bond acceptors (Lipinski definition) is 1. The summed E-state index contributed by atoms with van der Waals surface area (Å²) in [6, 6.07) is 9.30. The normalized spacial score (nSPS) is 11.4. The number of benzene rings is 2. The van der Waals surface area contributed by atoms with Gasteiger partial charge < -0.3 is 0 Å². The van der Waals surface area contributed by atoms with Gasteiger partial charge in [0.05, 0.1) is 5.56 Å². The van der Waals surface area contributed by atoms with Crippen LogP contribution in [0.2, 0.25) is 5.02 Å². The first-order valence-electron chi connectivity index (χ1n) is 5.34. The van der Waals surface area contributed by atoms with Gasteiger partial charge in [-0.3, -0.25) is 4.79 Å². The van der Waals surface area contributed by atoms with Gasteiger partial charge in [-0.05, 0) is 35.4 Å². The van der Waals surface area contributed by atoms with Crippen molar-refractivity contribution in [1.82, 2.24) is 0 Å². The van der Waals surface area contributed by atoms with Gasteiger partial charge in [0.1, 0.15) is 0 Å². The summed E-state index contributed by atoms with van der Waals surface area (Å²) < 4.78 is 37.3. The van der Waals surface area contributed by atoms with Gasteiger partial charge >= 0.3 is 6.18 Å². The Morgan fingerprint density at radius 3 is 2.16 bits per heavy atom. The van der Waals surface area contributed by atoms with Crippen LogP contribution in [0.4, 0.5) is 13.2 Å². The molecule has 0 aliphatic rings. The molecule has 1 nitrogen and oxygen atoms in total. The van der Waals surface area contributed by atoms with Crippen molar-refractivity contribution in [1.29, 1.82) is 0 Å². The second kappa shape index (κ2) is 5.05. The van der Waals surface area contributed by atoms with Crippen molar-refractivity contribution in [2.75, 3.05) is 0 Å². The van der Waals surface area contributed by atoms with Crippen LogP contribution in [0.5, 0.6) is 0 Å². The van der Waals surface area contributed by atoms with Crippen LogP contribution < -0.4 is 0 Å². The quantitative estimate of drug-likeness (QED) is 0.721. The van der Waals surface area contributed by atoms with Crippen molar-refractivity contribution in [2.24, 2.45) is 0 Å². The van der Waals surface area contributed by atoms with Crippen molar-refractivity contribution in [2.45, 2.75) is 6.18 Å². The van der Waals surface area contributed by atoms with Crippen LogP contribution in [0.1, 0.15) is 15.9 Å². The molecule has 2 rings (SSSR count). The van der Waals surface area contributed by atoms with Gasteiger partial charge in [-0.15, -0.1) is 0 Å². The van der Waals surface area contributed by atoms with Gasteiger partial charge in [0.25, 0.3) is 0 Å². The predicted octanol–water partition coefficient (Wildman–Crippen LogP) is 4.84. The molecule has 0 aliphatic carbocycles. The summed E-state index contributed by atoms with van der Waals surface area (Å²) in [6.07, 6.45) is -3.75. The summed E-state index contributed by atoms with van der Waals surface area (Å²) in [7, 11) is 0. The first-order chi connectivity index (χ1) is 8.91. The Labute approximate surface area is 112 Å². The largest absolute Gasteiger partial charge is 0.416 e. The number of halogens is 4. The average Bonchev–Trinajstić information content (AvgIpc) is 2.37. The van der Waals surface area contributed by atoms with Crippen molar-refractivity contribution < 1.29 is 18.0 Å². The summed E-state index contributed by atoms with van der Waals surface area (Å²) in [6.45, 7) is 0. The zero-order chi connectivity index (χ0) is 14.0. The third-order valence-electron chi connectivity index (χ3n) is 2.66. The number of carbonyl (C=O) groups excluding carboxylic acids is 1. The summed E-state index contributed by atoms with van der Waals surface area (Å²) in [5, 5.41) is 0.401. The van der Waals surface area contributed by atoms with Crippen molar-refractivity contribution in [3.63, 3.8) is 0 Å². The number of rotatable bonds is 2. The molecule has 0 aromatic heterocycles. The van der Waals surface area contributed by atoms with Gasteiger partial charge in [-0.1, -0.05) is 29.8 Å². The van der Waals surface area contributed by atoms with Crippen LogP contribution in [0, 0.1) is 0 Å². The third kappa shape index (κ3) is 2.96. The topological polar surface area (TPSA) is 17.1 Å². The molecule has 0 spiro atoms. The monoisotopic (exact) mass is 284 g/mol. The number of alkyl halides is 3. The molecule has 0 saturated carbocycles. The molecular formula is C14H8ClF3O. The van der Waals surface area contributed by atoms with Gasteiger partial charge in [-0.25, -0.2) is 0 Å². The summed E-state index contributed by atoms with van der Waals surface area (Å²) in [5.41, 5.74) is 0.699. The number of hydrogen-bond donors (Lipinski definition) is 0. The highest BCUT2D eigenvalue weighted by Crippen LogP contribution is 2.32. The lowest BCUT2D eigenvalue weighted by atomic mass is 9.99. The van der Waals surface area contributed by atoms with E-state index in [2.05, 4.69) is 0 Å². The molecule has 0 radical (unpaired) electrons. The molecule has 0 saturated heterocycles. The van der Waals surface area contributed by atoms with Crippen LogP contribution in [0.25, 0.3) is 11.1 Å². The van der Waals surface area contributed by atoms with Crippen LogP contribution >= 0.6 is 11.6 Å². The van der Waals surface area contributed by atoms with E-state index in [9.17, 15) is 18.0 Å². The maximum atomic E-state index is 12.4. The Morgan fingerprint density at radius 1 is 1.00 bits per heavy atom. The van der Waals surface area contributed by atoms with E-state index >= 15 is 0 Å². The molecule has 2 aromatic carbocycles. The minimum Gasteiger partial charge on any atom is -0.298 e. The van der Waals surface area contributed by atoms with Crippen LogP contribution in [0.3, 0.4) is 0 Å². The molecule has 19 heavy (non-hydrogen) atoms. The fraction of sp³-hybridized carbons (Fsp3) is 0.0714. The van der Waals surface area contributed by atoms with Crippen molar-refractivity contribution in [3.05, 3.63) is 58.6 Å². The predicted molar refractivity (Wildman–Crippen MR) is 67.3 cm³/mol.